The number of fused-ring (bicyclic) bond motifs is 1. The van der Waals surface area contributed by atoms with Gasteiger partial charge in [-0.25, -0.2) is 9.37 Å². The largest absolute Gasteiger partial charge is 0.453 e. The average Bonchev–Trinajstić information content (AvgIpc) is 2.70. The Hall–Kier alpha value is -3.55. The number of hydrogen-bond donors (Lipinski definition) is 2. The van der Waals surface area contributed by atoms with Crippen molar-refractivity contribution < 1.29 is 18.7 Å². The van der Waals surface area contributed by atoms with Crippen molar-refractivity contribution in [1.82, 2.24) is 9.97 Å². The fourth-order valence-corrected chi connectivity index (χ4v) is 2.88. The van der Waals surface area contributed by atoms with Gasteiger partial charge in [0.1, 0.15) is 11.6 Å². The first kappa shape index (κ1) is 21.2. The Morgan fingerprint density at radius 1 is 1.23 bits per heavy atom. The molecule has 3 aromatic rings. The highest BCUT2D eigenvalue weighted by Gasteiger charge is 2.18. The van der Waals surface area contributed by atoms with Gasteiger partial charge in [0.05, 0.1) is 10.9 Å². The van der Waals surface area contributed by atoms with Crippen LogP contribution in [0.1, 0.15) is 31.2 Å². The lowest BCUT2D eigenvalue weighted by Crippen LogP contribution is -2.30. The lowest BCUT2D eigenvalue weighted by molar-refractivity contribution is -0.153. The van der Waals surface area contributed by atoms with Gasteiger partial charge in [0.25, 0.3) is 11.5 Å². The van der Waals surface area contributed by atoms with Crippen LogP contribution in [0.15, 0.2) is 47.3 Å². The monoisotopic (exact) mass is 411 g/mol. The number of nitrogens with one attached hydrogen (secondary N) is 2. The SMILES string of the molecule is Cc1ccc(NC(=O)[C@H](C)OC(=O)CCCc2nc3ccccc3c(=O)[nH]2)cc1F. The van der Waals surface area contributed by atoms with Gasteiger partial charge in [-0.3, -0.25) is 14.4 Å². The fourth-order valence-electron chi connectivity index (χ4n) is 2.88. The maximum atomic E-state index is 13.6. The number of H-pyrrole nitrogens is 1. The van der Waals surface area contributed by atoms with Crippen LogP contribution in [-0.4, -0.2) is 27.9 Å². The zero-order valence-electron chi connectivity index (χ0n) is 16.7. The molecule has 7 nitrogen and oxygen atoms in total. The van der Waals surface area contributed by atoms with Crippen LogP contribution < -0.4 is 10.9 Å². The lowest BCUT2D eigenvalue weighted by atomic mass is 10.2. The van der Waals surface area contributed by atoms with Crippen molar-refractivity contribution in [2.45, 2.75) is 39.2 Å². The number of benzene rings is 2. The number of carbonyl (C=O) groups is 2. The first-order valence-electron chi connectivity index (χ1n) is 9.58. The van der Waals surface area contributed by atoms with Gasteiger partial charge in [-0.15, -0.1) is 0 Å². The third-order valence-corrected chi connectivity index (χ3v) is 4.57. The molecule has 0 aliphatic heterocycles. The van der Waals surface area contributed by atoms with Crippen molar-refractivity contribution in [3.05, 3.63) is 70.0 Å². The molecule has 156 valence electrons. The lowest BCUT2D eigenvalue weighted by Gasteiger charge is -2.14. The molecule has 1 atom stereocenters. The molecule has 0 fully saturated rings. The summed E-state index contributed by atoms with van der Waals surface area (Å²) in [4.78, 5) is 43.3. The molecular weight excluding hydrogens is 389 g/mol. The Kier molecular flexibility index (Phi) is 6.56. The van der Waals surface area contributed by atoms with E-state index < -0.39 is 23.8 Å². The summed E-state index contributed by atoms with van der Waals surface area (Å²) in [6.07, 6.45) is -0.177. The summed E-state index contributed by atoms with van der Waals surface area (Å²) in [5.41, 5.74) is 1.12. The zero-order chi connectivity index (χ0) is 21.7. The van der Waals surface area contributed by atoms with Crippen molar-refractivity contribution in [3.63, 3.8) is 0 Å². The molecule has 0 saturated carbocycles. The van der Waals surface area contributed by atoms with E-state index in [0.29, 0.717) is 35.1 Å². The number of nitrogens with zero attached hydrogens (tertiary/aromatic N) is 1. The standard InChI is InChI=1S/C22H22FN3O4/c1-13-10-11-15(12-17(13)23)24-21(28)14(2)30-20(27)9-5-8-19-25-18-7-4-3-6-16(18)22(29)26-19/h3-4,6-7,10-12,14H,5,8-9H2,1-2H3,(H,24,28)(H,25,26,29)/t14-/m0/s1. The Morgan fingerprint density at radius 2 is 2.00 bits per heavy atom. The number of rotatable bonds is 7. The third-order valence-electron chi connectivity index (χ3n) is 4.57. The van der Waals surface area contributed by atoms with E-state index in [4.69, 9.17) is 4.74 Å². The van der Waals surface area contributed by atoms with Crippen LogP contribution in [0.3, 0.4) is 0 Å². The van der Waals surface area contributed by atoms with Crippen molar-refractivity contribution in [1.29, 1.82) is 0 Å². The molecule has 1 aromatic heterocycles. The molecule has 0 radical (unpaired) electrons. The van der Waals surface area contributed by atoms with Gasteiger partial charge in [0.2, 0.25) is 0 Å². The van der Waals surface area contributed by atoms with E-state index in [9.17, 15) is 18.8 Å². The predicted molar refractivity (Wildman–Crippen MR) is 111 cm³/mol. The molecule has 1 heterocycles. The highest BCUT2D eigenvalue weighted by molar-refractivity contribution is 5.95. The summed E-state index contributed by atoms with van der Waals surface area (Å²) >= 11 is 0. The molecule has 0 bridgehead atoms. The van der Waals surface area contributed by atoms with Gasteiger partial charge in [-0.2, -0.15) is 0 Å². The zero-order valence-corrected chi connectivity index (χ0v) is 16.7. The number of carbonyl (C=O) groups excluding carboxylic acids is 2. The normalized spacial score (nSPS) is 11.8. The van der Waals surface area contributed by atoms with E-state index in [-0.39, 0.29) is 17.7 Å². The highest BCUT2D eigenvalue weighted by atomic mass is 19.1. The molecular formula is C22H22FN3O4. The number of amides is 1. The van der Waals surface area contributed by atoms with Crippen molar-refractivity contribution in [2.75, 3.05) is 5.32 Å². The molecule has 0 unspecified atom stereocenters. The fraction of sp³-hybridized carbons (Fsp3) is 0.273. The van der Waals surface area contributed by atoms with E-state index in [1.54, 1.807) is 43.3 Å². The van der Waals surface area contributed by atoms with Crippen LogP contribution in [0, 0.1) is 12.7 Å². The number of aryl methyl sites for hydroxylation is 2. The first-order chi connectivity index (χ1) is 14.3. The number of hydrogen-bond acceptors (Lipinski definition) is 5. The van der Waals surface area contributed by atoms with Crippen LogP contribution in [0.5, 0.6) is 0 Å². The minimum absolute atomic E-state index is 0.0628. The van der Waals surface area contributed by atoms with E-state index in [0.717, 1.165) is 0 Å². The molecule has 0 saturated heterocycles. The van der Waals surface area contributed by atoms with E-state index in [1.165, 1.54) is 13.0 Å². The van der Waals surface area contributed by atoms with Crippen LogP contribution in [-0.2, 0) is 20.7 Å². The van der Waals surface area contributed by atoms with Gasteiger partial charge in [-0.05, 0) is 50.1 Å². The highest BCUT2D eigenvalue weighted by Crippen LogP contribution is 2.14. The number of esters is 1. The molecule has 8 heteroatoms. The second-order valence-electron chi connectivity index (χ2n) is 6.97. The van der Waals surface area contributed by atoms with Crippen LogP contribution >= 0.6 is 0 Å². The summed E-state index contributed by atoms with van der Waals surface area (Å²) < 4.78 is 18.7. The van der Waals surface area contributed by atoms with Gasteiger partial charge in [0, 0.05) is 18.5 Å². The molecule has 30 heavy (non-hydrogen) atoms. The number of anilines is 1. The summed E-state index contributed by atoms with van der Waals surface area (Å²) in [5, 5.41) is 3.02. The Balaban J connectivity index is 1.48. The average molecular weight is 411 g/mol. The molecule has 2 N–H and O–H groups in total. The maximum absolute atomic E-state index is 13.6. The quantitative estimate of drug-likeness (QED) is 0.581. The maximum Gasteiger partial charge on any atom is 0.306 e. The van der Waals surface area contributed by atoms with Gasteiger partial charge in [-0.1, -0.05) is 18.2 Å². The molecule has 1 amide bonds. The van der Waals surface area contributed by atoms with Gasteiger partial charge in [0.15, 0.2) is 6.10 Å². The van der Waals surface area contributed by atoms with Crippen LogP contribution in [0.25, 0.3) is 10.9 Å². The van der Waals surface area contributed by atoms with E-state index >= 15 is 0 Å². The summed E-state index contributed by atoms with van der Waals surface area (Å²) in [6.45, 7) is 3.06. The number of halogens is 1. The predicted octanol–water partition coefficient (Wildman–Crippen LogP) is 3.26. The first-order valence-corrected chi connectivity index (χ1v) is 9.58. The minimum atomic E-state index is -1.03. The third kappa shape index (κ3) is 5.28. The second kappa shape index (κ2) is 9.30. The molecule has 2 aromatic carbocycles. The number of para-hydroxylation sites is 1. The van der Waals surface area contributed by atoms with Crippen molar-refractivity contribution >= 4 is 28.5 Å². The summed E-state index contributed by atoms with van der Waals surface area (Å²) in [6, 6.07) is 11.3. The van der Waals surface area contributed by atoms with Crippen LogP contribution in [0.4, 0.5) is 10.1 Å². The van der Waals surface area contributed by atoms with Gasteiger partial charge >= 0.3 is 5.97 Å². The number of aromatic nitrogens is 2. The van der Waals surface area contributed by atoms with E-state index in [1.807, 2.05) is 0 Å². The van der Waals surface area contributed by atoms with Gasteiger partial charge < -0.3 is 15.0 Å². The number of aromatic amines is 1. The second-order valence-corrected chi connectivity index (χ2v) is 6.97. The molecule has 0 spiro atoms. The van der Waals surface area contributed by atoms with Crippen molar-refractivity contribution in [3.8, 4) is 0 Å². The Morgan fingerprint density at radius 3 is 2.77 bits per heavy atom. The molecule has 0 aliphatic rings. The topological polar surface area (TPSA) is 101 Å². The summed E-state index contributed by atoms with van der Waals surface area (Å²) in [7, 11) is 0. The van der Waals surface area contributed by atoms with Crippen molar-refractivity contribution in [2.24, 2.45) is 0 Å². The number of ether oxygens (including phenoxy) is 1. The minimum Gasteiger partial charge on any atom is -0.453 e. The molecule has 0 aliphatic carbocycles. The Labute approximate surface area is 172 Å². The molecule has 3 rings (SSSR count). The Bertz CT molecular complexity index is 1140. The van der Waals surface area contributed by atoms with E-state index in [2.05, 4.69) is 15.3 Å². The summed E-state index contributed by atoms with van der Waals surface area (Å²) in [5.74, 6) is -1.04. The smallest absolute Gasteiger partial charge is 0.306 e. The van der Waals surface area contributed by atoms with Crippen LogP contribution in [0.2, 0.25) is 0 Å².